The number of allylic oxidation sites excluding steroid dienone is 2. The lowest BCUT2D eigenvalue weighted by molar-refractivity contribution is -0.870. The summed E-state index contributed by atoms with van der Waals surface area (Å²) in [5.41, 5.74) is 0. The molecule has 0 aromatic rings. The summed E-state index contributed by atoms with van der Waals surface area (Å²) in [5, 5.41) is 11.8. The van der Waals surface area contributed by atoms with Gasteiger partial charge in [-0.1, -0.05) is 334 Å². The van der Waals surface area contributed by atoms with Crippen LogP contribution in [0.3, 0.4) is 0 Å². The Morgan fingerprint density at radius 2 is 0.630 bits per heavy atom. The molecule has 480 valence electrons. The molecule has 0 heterocycles. The van der Waals surface area contributed by atoms with Crippen molar-refractivity contribution in [2.24, 2.45) is 0 Å². The summed E-state index contributed by atoms with van der Waals surface area (Å²) in [6.07, 6.45) is 74.5. The molecule has 0 rings (SSSR count). The molecule has 0 aliphatic heterocycles. The van der Waals surface area contributed by atoms with E-state index in [2.05, 4.69) is 26.0 Å². The molecular weight excluding hydrogens is 1010 g/mol. The first-order valence-electron chi connectivity index (χ1n) is 35.8. The highest BCUT2D eigenvalue weighted by molar-refractivity contribution is 5.70. The van der Waals surface area contributed by atoms with Gasteiger partial charge in [-0.05, 0) is 38.5 Å². The van der Waals surface area contributed by atoms with Crippen molar-refractivity contribution in [2.75, 3.05) is 47.5 Å². The largest absolute Gasteiger partial charge is 0.545 e. The molecule has 0 fully saturated rings. The number of carboxylic acids is 1. The third-order valence-electron chi connectivity index (χ3n) is 16.5. The van der Waals surface area contributed by atoms with Crippen LogP contribution in [0.15, 0.2) is 12.2 Å². The van der Waals surface area contributed by atoms with Crippen LogP contribution in [0.25, 0.3) is 0 Å². The molecule has 0 N–H and O–H groups in total. The number of carbonyl (C=O) groups excluding carboxylic acids is 3. The molecule has 0 saturated heterocycles. The molecule has 0 aromatic carbocycles. The zero-order chi connectivity index (χ0) is 59.1. The normalized spacial score (nSPS) is 12.7. The van der Waals surface area contributed by atoms with Crippen LogP contribution in [0.4, 0.5) is 0 Å². The quantitative estimate of drug-likeness (QED) is 0.0195. The second kappa shape index (κ2) is 64.0. The summed E-state index contributed by atoms with van der Waals surface area (Å²) in [7, 11) is 5.95. The Hall–Kier alpha value is -1.97. The van der Waals surface area contributed by atoms with Crippen molar-refractivity contribution in [1.29, 1.82) is 0 Å². The lowest BCUT2D eigenvalue weighted by Gasteiger charge is -2.26. The second-order valence-corrected chi connectivity index (χ2v) is 25.9. The van der Waals surface area contributed by atoms with Gasteiger partial charge in [-0.2, -0.15) is 0 Å². The number of hydrogen-bond donors (Lipinski definition) is 0. The lowest BCUT2D eigenvalue weighted by Crippen LogP contribution is -2.44. The summed E-state index contributed by atoms with van der Waals surface area (Å²) in [6.45, 7) is 4.83. The maximum atomic E-state index is 12.9. The molecule has 0 aliphatic rings. The summed E-state index contributed by atoms with van der Waals surface area (Å²) < 4.78 is 22.8. The Morgan fingerprint density at radius 3 is 0.914 bits per heavy atom. The highest BCUT2D eigenvalue weighted by atomic mass is 16.7. The summed E-state index contributed by atoms with van der Waals surface area (Å²) >= 11 is 0. The van der Waals surface area contributed by atoms with Crippen LogP contribution in [0.1, 0.15) is 373 Å². The van der Waals surface area contributed by atoms with Crippen molar-refractivity contribution in [3.05, 3.63) is 12.2 Å². The number of rotatable bonds is 68. The smallest absolute Gasteiger partial charge is 0.306 e. The van der Waals surface area contributed by atoms with E-state index in [4.69, 9.17) is 18.9 Å². The van der Waals surface area contributed by atoms with Crippen LogP contribution in [0.5, 0.6) is 0 Å². The molecule has 2 atom stereocenters. The van der Waals surface area contributed by atoms with Gasteiger partial charge in [-0.3, -0.25) is 9.59 Å². The molecule has 9 nitrogen and oxygen atoms in total. The van der Waals surface area contributed by atoms with Crippen LogP contribution in [0.2, 0.25) is 0 Å². The average Bonchev–Trinajstić information content (AvgIpc) is 3.44. The number of quaternary nitrogens is 1. The third-order valence-corrected chi connectivity index (χ3v) is 16.5. The molecule has 0 amide bonds. The molecule has 0 saturated carbocycles. The van der Waals surface area contributed by atoms with Crippen LogP contribution >= 0.6 is 0 Å². The van der Waals surface area contributed by atoms with Gasteiger partial charge in [0.15, 0.2) is 12.4 Å². The first-order valence-corrected chi connectivity index (χ1v) is 35.8. The second-order valence-electron chi connectivity index (χ2n) is 25.9. The monoisotopic (exact) mass is 1150 g/mol. The molecule has 0 bridgehead atoms. The molecule has 0 aromatic heterocycles. The van der Waals surface area contributed by atoms with Gasteiger partial charge < -0.3 is 33.3 Å². The predicted molar refractivity (Wildman–Crippen MR) is 343 cm³/mol. The molecule has 81 heavy (non-hydrogen) atoms. The van der Waals surface area contributed by atoms with E-state index < -0.39 is 24.3 Å². The molecule has 9 heteroatoms. The topological polar surface area (TPSA) is 111 Å². The lowest BCUT2D eigenvalue weighted by atomic mass is 10.0. The van der Waals surface area contributed by atoms with E-state index in [-0.39, 0.29) is 32.2 Å². The summed E-state index contributed by atoms with van der Waals surface area (Å²) in [6, 6.07) is 0. The maximum Gasteiger partial charge on any atom is 0.306 e. The number of nitrogens with zero attached hydrogens (tertiary/aromatic N) is 1. The Bertz CT molecular complexity index is 1330. The maximum absolute atomic E-state index is 12.9. The Kier molecular flexibility index (Phi) is 62.5. The molecule has 2 unspecified atom stereocenters. The fourth-order valence-electron chi connectivity index (χ4n) is 11.0. The minimum atomic E-state index is -1.62. The number of ether oxygens (including phenoxy) is 4. The number of likely N-dealkylation sites (N-methyl/N-ethyl adjacent to an activating group) is 1. The van der Waals surface area contributed by atoms with E-state index in [0.29, 0.717) is 17.4 Å². The minimum absolute atomic E-state index is 0.153. The number of esters is 2. The highest BCUT2D eigenvalue weighted by Gasteiger charge is 2.22. The molecule has 0 aliphatic carbocycles. The fraction of sp³-hybridized carbons (Fsp3) is 0.931. The van der Waals surface area contributed by atoms with E-state index in [0.717, 1.165) is 38.5 Å². The van der Waals surface area contributed by atoms with Gasteiger partial charge in [0.05, 0.1) is 40.3 Å². The van der Waals surface area contributed by atoms with Gasteiger partial charge in [0.1, 0.15) is 13.2 Å². The van der Waals surface area contributed by atoms with Crippen LogP contribution in [-0.4, -0.2) is 82.3 Å². The Labute approximate surface area is 504 Å². The average molecular weight is 1150 g/mol. The van der Waals surface area contributed by atoms with E-state index in [1.165, 1.54) is 308 Å². The Balaban J connectivity index is 4.02. The van der Waals surface area contributed by atoms with Crippen molar-refractivity contribution < 1.29 is 42.9 Å². The third kappa shape index (κ3) is 65.4. The van der Waals surface area contributed by atoms with E-state index in [1.807, 2.05) is 21.1 Å². The van der Waals surface area contributed by atoms with Gasteiger partial charge in [0.25, 0.3) is 0 Å². The first kappa shape index (κ1) is 79.0. The van der Waals surface area contributed by atoms with Gasteiger partial charge in [0.2, 0.25) is 0 Å². The van der Waals surface area contributed by atoms with Crippen LogP contribution < -0.4 is 5.11 Å². The van der Waals surface area contributed by atoms with E-state index in [1.54, 1.807) is 0 Å². The zero-order valence-corrected chi connectivity index (χ0v) is 54.9. The van der Waals surface area contributed by atoms with Gasteiger partial charge in [-0.15, -0.1) is 0 Å². The molecule has 0 radical (unpaired) electrons. The SMILES string of the molecule is CCCCCCCCCC/C=C\CCCCCCCCCCCCCCCCCCCCCCCC(=O)OC(COC(=O)CCCCCCCCCCCCCCCCCCCCCCCCC)COC(OCC[N+](C)(C)C)C(=O)[O-]. The minimum Gasteiger partial charge on any atom is -0.545 e. The molecule has 0 spiro atoms. The van der Waals surface area contributed by atoms with Crippen molar-refractivity contribution in [2.45, 2.75) is 386 Å². The number of carbonyl (C=O) groups is 3. The zero-order valence-electron chi connectivity index (χ0n) is 54.9. The predicted octanol–water partition coefficient (Wildman–Crippen LogP) is 20.7. The van der Waals surface area contributed by atoms with Gasteiger partial charge in [-0.25, -0.2) is 0 Å². The van der Waals surface area contributed by atoms with E-state index >= 15 is 0 Å². The van der Waals surface area contributed by atoms with Crippen LogP contribution in [0, 0.1) is 0 Å². The van der Waals surface area contributed by atoms with E-state index in [9.17, 15) is 19.5 Å². The van der Waals surface area contributed by atoms with Crippen molar-refractivity contribution in [3.63, 3.8) is 0 Å². The van der Waals surface area contributed by atoms with Crippen LogP contribution in [-0.2, 0) is 33.3 Å². The standard InChI is InChI=1S/C72H139NO8/c1-6-8-10-12-14-16-18-20-22-24-26-28-30-31-32-33-34-35-36-37-38-39-41-43-45-47-49-51-53-55-57-59-61-63-70(75)81-68(67-80-72(71(76)77)78-65-64-73(3,4)5)66-79-69(74)62-60-58-56-54-52-50-48-46-44-42-40-29-27-25-23-21-19-17-15-13-11-9-7-2/h24,26,68,72H,6-23,25,27-67H2,1-5H3/b26-24-. The Morgan fingerprint density at radius 1 is 0.358 bits per heavy atom. The summed E-state index contributed by atoms with van der Waals surface area (Å²) in [4.78, 5) is 37.5. The number of aliphatic carboxylic acids is 1. The highest BCUT2D eigenvalue weighted by Crippen LogP contribution is 2.19. The number of carboxylic acid groups (broad SMARTS) is 1. The van der Waals surface area contributed by atoms with Crippen molar-refractivity contribution in [1.82, 2.24) is 0 Å². The first-order chi connectivity index (χ1) is 39.6. The fourth-order valence-corrected chi connectivity index (χ4v) is 11.0. The van der Waals surface area contributed by atoms with Gasteiger partial charge in [0, 0.05) is 12.8 Å². The summed E-state index contributed by atoms with van der Waals surface area (Å²) in [5.74, 6) is -2.25. The molecular formula is C72H139NO8. The van der Waals surface area contributed by atoms with Crippen molar-refractivity contribution >= 4 is 17.9 Å². The number of hydrogen-bond acceptors (Lipinski definition) is 8. The van der Waals surface area contributed by atoms with Crippen molar-refractivity contribution in [3.8, 4) is 0 Å². The number of unbranched alkanes of at least 4 members (excludes halogenated alkanes) is 51. The van der Waals surface area contributed by atoms with Gasteiger partial charge >= 0.3 is 11.9 Å².